The molecule has 0 amide bonds. The van der Waals surface area contributed by atoms with Crippen LogP contribution >= 0.6 is 0 Å². The minimum atomic E-state index is -0.528. The molecule has 5 rings (SSSR count). The molecule has 2 N–H and O–H groups in total. The molecular formula is C27H24N4O. The molecule has 0 saturated carbocycles. The van der Waals surface area contributed by atoms with Gasteiger partial charge in [0.1, 0.15) is 0 Å². The van der Waals surface area contributed by atoms with Gasteiger partial charge in [-0.25, -0.2) is 0 Å². The molecule has 0 spiro atoms. The van der Waals surface area contributed by atoms with Crippen molar-refractivity contribution in [3.63, 3.8) is 0 Å². The largest absolute Gasteiger partial charge is 0.339 e. The van der Waals surface area contributed by atoms with E-state index in [-0.39, 0.29) is 0 Å². The fourth-order valence-electron chi connectivity index (χ4n) is 4.13. The van der Waals surface area contributed by atoms with Crippen LogP contribution in [-0.2, 0) is 12.0 Å². The second-order valence-electron chi connectivity index (χ2n) is 8.39. The van der Waals surface area contributed by atoms with Gasteiger partial charge in [0.2, 0.25) is 11.7 Å². The zero-order chi connectivity index (χ0) is 22.1. The fraction of sp³-hybridized carbons (Fsp3) is 0.148. The molecule has 158 valence electrons. The highest BCUT2D eigenvalue weighted by Crippen LogP contribution is 2.30. The van der Waals surface area contributed by atoms with Crippen LogP contribution in [0.15, 0.2) is 89.6 Å². The SMILES string of the molecule is Cc1nc(-c2ccc(-c3ccc(CC(C)(N)c4cccc5cccnc45)cc3)cc2)no1. The highest BCUT2D eigenvalue weighted by molar-refractivity contribution is 5.82. The Kier molecular flexibility index (Phi) is 5.04. The summed E-state index contributed by atoms with van der Waals surface area (Å²) >= 11 is 0. The van der Waals surface area contributed by atoms with E-state index in [2.05, 4.69) is 76.6 Å². The Labute approximate surface area is 186 Å². The summed E-state index contributed by atoms with van der Waals surface area (Å²) in [6, 6.07) is 27.0. The molecule has 0 fully saturated rings. The van der Waals surface area contributed by atoms with Crippen LogP contribution in [0, 0.1) is 6.92 Å². The van der Waals surface area contributed by atoms with Crippen molar-refractivity contribution in [3.05, 3.63) is 102 Å². The summed E-state index contributed by atoms with van der Waals surface area (Å²) in [5.41, 5.74) is 12.7. The van der Waals surface area contributed by atoms with Crippen LogP contribution in [0.25, 0.3) is 33.4 Å². The van der Waals surface area contributed by atoms with E-state index in [0.717, 1.165) is 39.6 Å². The standard InChI is InChI=1S/C27H24N4O/c1-18-30-26(31-32-18)23-14-12-21(13-15-23)20-10-8-19(9-11-20)17-27(2,28)24-7-3-5-22-6-4-16-29-25(22)24/h3-16H,17,28H2,1-2H3. The smallest absolute Gasteiger partial charge is 0.223 e. The van der Waals surface area contributed by atoms with Crippen molar-refractivity contribution in [3.8, 4) is 22.5 Å². The molecule has 0 aliphatic carbocycles. The Hall–Kier alpha value is -3.83. The molecule has 5 nitrogen and oxygen atoms in total. The van der Waals surface area contributed by atoms with Crippen LogP contribution < -0.4 is 5.73 Å². The van der Waals surface area contributed by atoms with E-state index in [0.29, 0.717) is 11.7 Å². The molecule has 1 unspecified atom stereocenters. The average molecular weight is 421 g/mol. The maximum absolute atomic E-state index is 6.80. The maximum atomic E-state index is 6.80. The number of nitrogens with two attached hydrogens (primary N) is 1. The van der Waals surface area contributed by atoms with Crippen molar-refractivity contribution in [1.82, 2.24) is 15.1 Å². The lowest BCUT2D eigenvalue weighted by molar-refractivity contribution is 0.394. The molecule has 2 heterocycles. The number of rotatable bonds is 5. The van der Waals surface area contributed by atoms with E-state index in [1.54, 1.807) is 6.92 Å². The first-order chi connectivity index (χ1) is 15.5. The van der Waals surface area contributed by atoms with E-state index in [9.17, 15) is 0 Å². The van der Waals surface area contributed by atoms with Gasteiger partial charge in [-0.15, -0.1) is 0 Å². The molecule has 0 aliphatic rings. The Morgan fingerprint density at radius 1 is 0.844 bits per heavy atom. The monoisotopic (exact) mass is 420 g/mol. The zero-order valence-electron chi connectivity index (χ0n) is 18.1. The quantitative estimate of drug-likeness (QED) is 0.396. The predicted molar refractivity (Wildman–Crippen MR) is 127 cm³/mol. The maximum Gasteiger partial charge on any atom is 0.223 e. The first-order valence-electron chi connectivity index (χ1n) is 10.6. The van der Waals surface area contributed by atoms with Gasteiger partial charge in [0, 0.05) is 29.6 Å². The van der Waals surface area contributed by atoms with E-state index in [1.165, 1.54) is 5.56 Å². The number of hydrogen-bond acceptors (Lipinski definition) is 5. The van der Waals surface area contributed by atoms with Gasteiger partial charge in [0.25, 0.3) is 0 Å². The summed E-state index contributed by atoms with van der Waals surface area (Å²) in [4.78, 5) is 8.86. The number of hydrogen-bond donors (Lipinski definition) is 1. The number of nitrogens with zero attached hydrogens (tertiary/aromatic N) is 3. The molecular weight excluding hydrogens is 396 g/mol. The molecule has 0 aliphatic heterocycles. The fourth-order valence-corrected chi connectivity index (χ4v) is 4.13. The van der Waals surface area contributed by atoms with Crippen molar-refractivity contribution in [1.29, 1.82) is 0 Å². The molecule has 1 atom stereocenters. The molecule has 32 heavy (non-hydrogen) atoms. The van der Waals surface area contributed by atoms with Crippen molar-refractivity contribution in [2.45, 2.75) is 25.8 Å². The molecule has 0 bridgehead atoms. The number of aryl methyl sites for hydroxylation is 1. The average Bonchev–Trinajstić information content (AvgIpc) is 3.25. The summed E-state index contributed by atoms with van der Waals surface area (Å²) < 4.78 is 5.07. The topological polar surface area (TPSA) is 77.8 Å². The first-order valence-corrected chi connectivity index (χ1v) is 10.6. The third-order valence-corrected chi connectivity index (χ3v) is 5.78. The van der Waals surface area contributed by atoms with Crippen molar-refractivity contribution in [2.75, 3.05) is 0 Å². The van der Waals surface area contributed by atoms with E-state index < -0.39 is 5.54 Å². The Bertz CT molecular complexity index is 1360. The van der Waals surface area contributed by atoms with Crippen molar-refractivity contribution < 1.29 is 4.52 Å². The Morgan fingerprint density at radius 2 is 1.50 bits per heavy atom. The minimum Gasteiger partial charge on any atom is -0.339 e. The number of benzene rings is 3. The lowest BCUT2D eigenvalue weighted by Crippen LogP contribution is -2.35. The number of fused-ring (bicyclic) bond motifs is 1. The van der Waals surface area contributed by atoms with E-state index in [4.69, 9.17) is 10.3 Å². The highest BCUT2D eigenvalue weighted by Gasteiger charge is 2.24. The first kappa shape index (κ1) is 20.1. The lowest BCUT2D eigenvalue weighted by Gasteiger charge is -2.26. The number of para-hydroxylation sites is 1. The predicted octanol–water partition coefficient (Wildman–Crippen LogP) is 5.68. The second-order valence-corrected chi connectivity index (χ2v) is 8.39. The third kappa shape index (κ3) is 3.90. The van der Waals surface area contributed by atoms with Gasteiger partial charge >= 0.3 is 0 Å². The summed E-state index contributed by atoms with van der Waals surface area (Å²) in [5.74, 6) is 1.17. The van der Waals surface area contributed by atoms with Gasteiger partial charge in [-0.05, 0) is 41.7 Å². The lowest BCUT2D eigenvalue weighted by atomic mass is 9.85. The second kappa shape index (κ2) is 8.02. The van der Waals surface area contributed by atoms with Gasteiger partial charge in [0.05, 0.1) is 5.52 Å². The number of pyridine rings is 1. The van der Waals surface area contributed by atoms with Crippen molar-refractivity contribution in [2.24, 2.45) is 5.73 Å². The van der Waals surface area contributed by atoms with Crippen LogP contribution in [-0.4, -0.2) is 15.1 Å². The van der Waals surface area contributed by atoms with E-state index >= 15 is 0 Å². The van der Waals surface area contributed by atoms with Gasteiger partial charge in [-0.1, -0.05) is 78.0 Å². The molecule has 0 saturated heterocycles. The molecule has 2 aromatic heterocycles. The van der Waals surface area contributed by atoms with Crippen LogP contribution in [0.4, 0.5) is 0 Å². The zero-order valence-corrected chi connectivity index (χ0v) is 18.1. The van der Waals surface area contributed by atoms with Gasteiger partial charge in [-0.3, -0.25) is 4.98 Å². The molecule has 3 aromatic carbocycles. The summed E-state index contributed by atoms with van der Waals surface area (Å²) in [7, 11) is 0. The Morgan fingerprint density at radius 3 is 2.19 bits per heavy atom. The molecule has 0 radical (unpaired) electrons. The van der Waals surface area contributed by atoms with Crippen LogP contribution in [0.3, 0.4) is 0 Å². The van der Waals surface area contributed by atoms with Crippen LogP contribution in [0.5, 0.6) is 0 Å². The van der Waals surface area contributed by atoms with Gasteiger partial charge < -0.3 is 10.3 Å². The Balaban J connectivity index is 1.36. The van der Waals surface area contributed by atoms with Crippen LogP contribution in [0.2, 0.25) is 0 Å². The normalized spacial score (nSPS) is 13.2. The van der Waals surface area contributed by atoms with Gasteiger partial charge in [0.15, 0.2) is 0 Å². The van der Waals surface area contributed by atoms with Crippen molar-refractivity contribution >= 4 is 10.9 Å². The van der Waals surface area contributed by atoms with Gasteiger partial charge in [-0.2, -0.15) is 4.98 Å². The van der Waals surface area contributed by atoms with Crippen LogP contribution in [0.1, 0.15) is 23.9 Å². The summed E-state index contributed by atoms with van der Waals surface area (Å²) in [5, 5.41) is 5.08. The minimum absolute atomic E-state index is 0.528. The molecule has 5 aromatic rings. The third-order valence-electron chi connectivity index (χ3n) is 5.78. The highest BCUT2D eigenvalue weighted by atomic mass is 16.5. The van der Waals surface area contributed by atoms with E-state index in [1.807, 2.05) is 30.5 Å². The summed E-state index contributed by atoms with van der Waals surface area (Å²) in [6.45, 7) is 3.86. The molecule has 5 heteroatoms. The summed E-state index contributed by atoms with van der Waals surface area (Å²) in [6.07, 6.45) is 2.54. The number of aromatic nitrogens is 3.